The second kappa shape index (κ2) is 7.13. The number of esters is 1. The number of aryl methyl sites for hydroxylation is 1. The highest BCUT2D eigenvalue weighted by atomic mass is 35.5. The highest BCUT2D eigenvalue weighted by Crippen LogP contribution is 2.34. The topological polar surface area (TPSA) is 77.1 Å². The van der Waals surface area contributed by atoms with Gasteiger partial charge < -0.3 is 14.5 Å². The molecule has 134 valence electrons. The molecule has 0 aliphatic rings. The third kappa shape index (κ3) is 3.01. The van der Waals surface area contributed by atoms with Gasteiger partial charge in [0.25, 0.3) is 0 Å². The second-order valence-electron chi connectivity index (χ2n) is 5.42. The average molecular weight is 376 g/mol. The van der Waals surface area contributed by atoms with Crippen molar-refractivity contribution in [2.24, 2.45) is 0 Å². The van der Waals surface area contributed by atoms with Gasteiger partial charge in [0.2, 0.25) is 0 Å². The molecule has 0 aliphatic carbocycles. The van der Waals surface area contributed by atoms with Crippen LogP contribution < -0.4 is 4.74 Å². The van der Waals surface area contributed by atoms with E-state index in [-0.39, 0.29) is 34.5 Å². The van der Waals surface area contributed by atoms with Crippen molar-refractivity contribution in [3.8, 4) is 17.1 Å². The van der Waals surface area contributed by atoms with Crippen LogP contribution in [0.1, 0.15) is 16.1 Å². The van der Waals surface area contributed by atoms with Gasteiger partial charge in [-0.3, -0.25) is 0 Å². The normalized spacial score (nSPS) is 10.8. The first-order valence-corrected chi connectivity index (χ1v) is 8.01. The minimum Gasteiger partial charge on any atom is -0.492 e. The van der Waals surface area contributed by atoms with Crippen LogP contribution in [-0.4, -0.2) is 34.6 Å². The first kappa shape index (κ1) is 17.9. The average Bonchev–Trinajstić information content (AvgIpc) is 3.00. The Morgan fingerprint density at radius 3 is 2.88 bits per heavy atom. The summed E-state index contributed by atoms with van der Waals surface area (Å²) in [6.07, 6.45) is 3.14. The molecule has 0 saturated heterocycles. The molecule has 26 heavy (non-hydrogen) atoms. The zero-order chi connectivity index (χ0) is 18.8. The molecular formula is C18H15ClFN3O3. The molecule has 3 aromatic rings. The van der Waals surface area contributed by atoms with E-state index in [0.717, 1.165) is 5.56 Å². The van der Waals surface area contributed by atoms with Crippen molar-refractivity contribution in [3.63, 3.8) is 0 Å². The number of benzene rings is 1. The van der Waals surface area contributed by atoms with Crippen molar-refractivity contribution in [1.82, 2.24) is 15.0 Å². The number of nitrogens with zero attached hydrogens (tertiary/aromatic N) is 2. The number of hydrogen-bond donors (Lipinski definition) is 1. The van der Waals surface area contributed by atoms with Crippen LogP contribution in [0.25, 0.3) is 22.4 Å². The third-order valence-corrected chi connectivity index (χ3v) is 4.05. The van der Waals surface area contributed by atoms with Gasteiger partial charge in [0.1, 0.15) is 12.3 Å². The first-order valence-electron chi connectivity index (χ1n) is 7.64. The number of carbonyl (C=O) groups excluding carboxylic acids is 1. The van der Waals surface area contributed by atoms with Crippen molar-refractivity contribution < 1.29 is 18.7 Å². The lowest BCUT2D eigenvalue weighted by Crippen LogP contribution is -2.10. The van der Waals surface area contributed by atoms with E-state index in [1.807, 2.05) is 0 Å². The molecule has 0 radical (unpaired) electrons. The Kier molecular flexibility index (Phi) is 4.90. The monoisotopic (exact) mass is 375 g/mol. The summed E-state index contributed by atoms with van der Waals surface area (Å²) in [7, 11) is 1.31. The summed E-state index contributed by atoms with van der Waals surface area (Å²) >= 11 is 5.93. The van der Waals surface area contributed by atoms with Crippen LogP contribution in [0, 0.1) is 12.7 Å². The molecule has 2 aromatic heterocycles. The number of aromatic nitrogens is 3. The van der Waals surface area contributed by atoms with Crippen LogP contribution in [0.2, 0.25) is 5.02 Å². The number of H-pyrrole nitrogens is 1. The molecule has 0 amide bonds. The Balaban J connectivity index is 2.23. The van der Waals surface area contributed by atoms with Crippen molar-refractivity contribution in [2.45, 2.75) is 6.92 Å². The molecule has 0 saturated carbocycles. The highest BCUT2D eigenvalue weighted by molar-refractivity contribution is 6.32. The van der Waals surface area contributed by atoms with E-state index in [1.165, 1.54) is 25.3 Å². The minimum atomic E-state index is -0.715. The van der Waals surface area contributed by atoms with E-state index in [0.29, 0.717) is 11.0 Å². The maximum Gasteiger partial charge on any atom is 0.358 e. The second-order valence-corrected chi connectivity index (χ2v) is 5.83. The number of methoxy groups -OCH3 is 1. The Labute approximate surface area is 153 Å². The van der Waals surface area contributed by atoms with Gasteiger partial charge in [-0.2, -0.15) is 0 Å². The van der Waals surface area contributed by atoms with Crippen LogP contribution in [0.3, 0.4) is 0 Å². The zero-order valence-electron chi connectivity index (χ0n) is 14.1. The Morgan fingerprint density at radius 1 is 1.42 bits per heavy atom. The van der Waals surface area contributed by atoms with Gasteiger partial charge >= 0.3 is 5.97 Å². The van der Waals surface area contributed by atoms with E-state index in [4.69, 9.17) is 21.1 Å². The molecule has 8 heteroatoms. The lowest BCUT2D eigenvalue weighted by Gasteiger charge is -2.10. The summed E-state index contributed by atoms with van der Waals surface area (Å²) in [5.41, 5.74) is 1.26. The largest absolute Gasteiger partial charge is 0.492 e. The number of nitrogens with one attached hydrogen (secondary N) is 1. The molecule has 0 spiro atoms. The lowest BCUT2D eigenvalue weighted by atomic mass is 10.1. The van der Waals surface area contributed by atoms with Gasteiger partial charge in [0, 0.05) is 6.20 Å². The number of fused-ring (bicyclic) bond motifs is 1. The van der Waals surface area contributed by atoms with Crippen molar-refractivity contribution >= 4 is 28.6 Å². The van der Waals surface area contributed by atoms with E-state index in [1.54, 1.807) is 13.1 Å². The number of halogens is 2. The van der Waals surface area contributed by atoms with Crippen LogP contribution >= 0.6 is 11.6 Å². The number of rotatable bonds is 5. The van der Waals surface area contributed by atoms with Crippen molar-refractivity contribution in [3.05, 3.63) is 53.1 Å². The molecule has 0 aliphatic heterocycles. The number of aromatic amines is 1. The Bertz CT molecular complexity index is 1020. The van der Waals surface area contributed by atoms with Crippen molar-refractivity contribution in [2.75, 3.05) is 13.7 Å². The third-order valence-electron chi connectivity index (χ3n) is 3.75. The summed E-state index contributed by atoms with van der Waals surface area (Å²) in [4.78, 5) is 23.9. The maximum atomic E-state index is 14.7. The molecule has 3 rings (SSSR count). The van der Waals surface area contributed by atoms with E-state index in [9.17, 15) is 9.18 Å². The number of hydrogen-bond acceptors (Lipinski definition) is 5. The lowest BCUT2D eigenvalue weighted by molar-refractivity contribution is 0.0545. The molecule has 2 heterocycles. The summed E-state index contributed by atoms with van der Waals surface area (Å²) < 4.78 is 24.8. The molecule has 0 fully saturated rings. The predicted molar refractivity (Wildman–Crippen MR) is 96.1 cm³/mol. The fourth-order valence-electron chi connectivity index (χ4n) is 2.55. The van der Waals surface area contributed by atoms with E-state index >= 15 is 0 Å². The van der Waals surface area contributed by atoms with Crippen LogP contribution in [0.5, 0.6) is 5.75 Å². The highest BCUT2D eigenvalue weighted by Gasteiger charge is 2.22. The summed E-state index contributed by atoms with van der Waals surface area (Å²) in [5.74, 6) is -1.47. The van der Waals surface area contributed by atoms with Gasteiger partial charge in [0.15, 0.2) is 23.1 Å². The molecular weight excluding hydrogens is 361 g/mol. The van der Waals surface area contributed by atoms with Gasteiger partial charge in [-0.1, -0.05) is 24.3 Å². The van der Waals surface area contributed by atoms with Crippen LogP contribution in [-0.2, 0) is 4.74 Å². The van der Waals surface area contributed by atoms with E-state index < -0.39 is 11.8 Å². The summed E-state index contributed by atoms with van der Waals surface area (Å²) in [5, 5.41) is 0.639. The van der Waals surface area contributed by atoms with Gasteiger partial charge in [0.05, 0.1) is 23.1 Å². The van der Waals surface area contributed by atoms with Crippen LogP contribution in [0.15, 0.2) is 31.0 Å². The molecule has 0 bridgehead atoms. The van der Waals surface area contributed by atoms with Gasteiger partial charge in [-0.15, -0.1) is 0 Å². The zero-order valence-corrected chi connectivity index (χ0v) is 14.9. The maximum absolute atomic E-state index is 14.7. The Hall–Kier alpha value is -2.93. The predicted octanol–water partition coefficient (Wildman–Crippen LogP) is 4.08. The van der Waals surface area contributed by atoms with Crippen LogP contribution in [0.4, 0.5) is 4.39 Å². The number of ether oxygens (including phenoxy) is 2. The molecule has 0 unspecified atom stereocenters. The van der Waals surface area contributed by atoms with Gasteiger partial charge in [-0.05, 0) is 24.6 Å². The molecule has 6 nitrogen and oxygen atoms in total. The smallest absolute Gasteiger partial charge is 0.358 e. The van der Waals surface area contributed by atoms with Gasteiger partial charge in [-0.25, -0.2) is 19.2 Å². The quantitative estimate of drug-likeness (QED) is 0.537. The first-order chi connectivity index (χ1) is 12.5. The van der Waals surface area contributed by atoms with Crippen molar-refractivity contribution in [1.29, 1.82) is 0 Å². The molecule has 0 atom stereocenters. The standard InChI is InChI=1S/C18H15ClFN3O3/c1-4-7-26-18(24)14-12-9(2)8-21-17(12)23-16(22-14)10-5-6-11(19)15(25-3)13(10)20/h4-6,8H,1,7H2,2-3H3,(H,21,22,23). The summed E-state index contributed by atoms with van der Waals surface area (Å²) in [6, 6.07) is 2.90. The molecule has 1 N–H and O–H groups in total. The fraction of sp³-hybridized carbons (Fsp3) is 0.167. The van der Waals surface area contributed by atoms with E-state index in [2.05, 4.69) is 21.5 Å². The summed E-state index contributed by atoms with van der Waals surface area (Å²) in [6.45, 7) is 5.35. The fourth-order valence-corrected chi connectivity index (χ4v) is 2.77. The molecule has 1 aromatic carbocycles. The SMILES string of the molecule is C=CCOC(=O)c1nc(-c2ccc(Cl)c(OC)c2F)nc2[nH]cc(C)c12. The number of carbonyl (C=O) groups is 1. The minimum absolute atomic E-state index is 0.0115. The Morgan fingerprint density at radius 2 is 2.19 bits per heavy atom.